The number of aromatic hydroxyl groups is 2. The highest BCUT2D eigenvalue weighted by atomic mass is 16.5. The SMILES string of the molecule is [2H]c1c([2H])c([C@@H]([2H])[C@]([2H])(N)C(=O)OC)c([2H])c(O)c1O. The van der Waals surface area contributed by atoms with Gasteiger partial charge in [0.2, 0.25) is 0 Å². The van der Waals surface area contributed by atoms with Gasteiger partial charge in [0.05, 0.1) is 12.6 Å². The van der Waals surface area contributed by atoms with E-state index in [0.717, 1.165) is 7.11 Å². The Hall–Kier alpha value is -1.75. The van der Waals surface area contributed by atoms with E-state index in [1.165, 1.54) is 0 Å². The fraction of sp³-hybridized carbons (Fsp3) is 0.300. The van der Waals surface area contributed by atoms with Gasteiger partial charge in [0.1, 0.15) is 6.02 Å². The van der Waals surface area contributed by atoms with Crippen molar-refractivity contribution in [3.63, 3.8) is 0 Å². The average molecular weight is 216 g/mol. The number of methoxy groups -OCH3 is 1. The summed E-state index contributed by atoms with van der Waals surface area (Å²) in [4.78, 5) is 11.4. The van der Waals surface area contributed by atoms with Crippen molar-refractivity contribution in [1.82, 2.24) is 0 Å². The van der Waals surface area contributed by atoms with Gasteiger partial charge in [-0.05, 0) is 24.0 Å². The summed E-state index contributed by atoms with van der Waals surface area (Å²) in [5.74, 6) is -3.27. The van der Waals surface area contributed by atoms with Gasteiger partial charge in [-0.2, -0.15) is 0 Å². The van der Waals surface area contributed by atoms with Gasteiger partial charge >= 0.3 is 5.97 Å². The Morgan fingerprint density at radius 2 is 2.40 bits per heavy atom. The molecular weight excluding hydrogens is 198 g/mol. The van der Waals surface area contributed by atoms with Crippen LogP contribution in [0.25, 0.3) is 0 Å². The van der Waals surface area contributed by atoms with E-state index in [0.29, 0.717) is 0 Å². The van der Waals surface area contributed by atoms with E-state index >= 15 is 0 Å². The van der Waals surface area contributed by atoms with Gasteiger partial charge in [0.25, 0.3) is 0 Å². The minimum atomic E-state index is -2.63. The molecule has 0 amide bonds. The number of phenols is 2. The highest BCUT2D eigenvalue weighted by molar-refractivity contribution is 5.75. The van der Waals surface area contributed by atoms with E-state index in [2.05, 4.69) is 4.74 Å². The third kappa shape index (κ3) is 2.85. The van der Waals surface area contributed by atoms with Crippen molar-refractivity contribution in [3.05, 3.63) is 23.7 Å². The maximum Gasteiger partial charge on any atom is 0.322 e. The van der Waals surface area contributed by atoms with Crippen molar-refractivity contribution in [2.45, 2.75) is 12.4 Å². The topological polar surface area (TPSA) is 92.8 Å². The number of benzene rings is 1. The van der Waals surface area contributed by atoms with E-state index < -0.39 is 53.6 Å². The Balaban J connectivity index is 3.52. The third-order valence-corrected chi connectivity index (χ3v) is 1.51. The van der Waals surface area contributed by atoms with Crippen LogP contribution in [0.2, 0.25) is 0 Å². The van der Waals surface area contributed by atoms with Crippen LogP contribution in [0.1, 0.15) is 12.4 Å². The smallest absolute Gasteiger partial charge is 0.322 e. The zero-order valence-corrected chi connectivity index (χ0v) is 7.87. The molecule has 4 N–H and O–H groups in total. The Kier molecular flexibility index (Phi) is 1.85. The zero-order chi connectivity index (χ0) is 15.8. The first kappa shape index (κ1) is 5.97. The summed E-state index contributed by atoms with van der Waals surface area (Å²) in [7, 11) is 0.957. The number of hydrogen-bond donors (Lipinski definition) is 3. The van der Waals surface area contributed by atoms with E-state index in [4.69, 9.17) is 12.6 Å². The summed E-state index contributed by atoms with van der Waals surface area (Å²) in [5, 5.41) is 18.8. The number of rotatable bonds is 3. The first-order chi connectivity index (χ1) is 9.07. The summed E-state index contributed by atoms with van der Waals surface area (Å²) in [6.45, 7) is 0. The van der Waals surface area contributed by atoms with Crippen molar-refractivity contribution >= 4 is 5.97 Å². The van der Waals surface area contributed by atoms with Gasteiger partial charge in [-0.25, -0.2) is 0 Å². The standard InChI is InChI=1S/C10H13NO4/c1-15-10(14)7(11)4-6-2-3-8(12)9(13)5-6/h2-3,5,7,12-13H,4,11H2,1H3/t7-/m0/s1/i2D,3D,4D,5D,7D/t4-,7+/m1. The van der Waals surface area contributed by atoms with Gasteiger partial charge < -0.3 is 20.7 Å². The summed E-state index contributed by atoms with van der Waals surface area (Å²) < 4.78 is 42.2. The van der Waals surface area contributed by atoms with E-state index in [1.54, 1.807) is 0 Å². The molecule has 1 aromatic rings. The molecule has 2 atom stereocenters. The lowest BCUT2D eigenvalue weighted by Gasteiger charge is -2.09. The minimum Gasteiger partial charge on any atom is -0.504 e. The second-order valence-electron chi connectivity index (χ2n) is 2.58. The van der Waals surface area contributed by atoms with Crippen molar-refractivity contribution in [2.75, 3.05) is 7.11 Å². The fourth-order valence-corrected chi connectivity index (χ4v) is 0.808. The Morgan fingerprint density at radius 3 is 3.00 bits per heavy atom. The third-order valence-electron chi connectivity index (χ3n) is 1.51. The van der Waals surface area contributed by atoms with Gasteiger partial charge in [-0.1, -0.05) is 6.04 Å². The molecule has 0 radical (unpaired) electrons. The van der Waals surface area contributed by atoms with E-state index in [-0.39, 0.29) is 0 Å². The second kappa shape index (κ2) is 4.65. The fourth-order valence-electron chi connectivity index (χ4n) is 0.808. The molecule has 0 aliphatic heterocycles. The first-order valence-electron chi connectivity index (χ1n) is 6.46. The molecule has 0 aromatic heterocycles. The molecule has 5 nitrogen and oxygen atoms in total. The van der Waals surface area contributed by atoms with Crippen LogP contribution in [0.4, 0.5) is 0 Å². The molecule has 0 unspecified atom stereocenters. The van der Waals surface area contributed by atoms with Crippen LogP contribution in [0.3, 0.4) is 0 Å². The number of hydrogen-bond acceptors (Lipinski definition) is 5. The van der Waals surface area contributed by atoms with Crippen LogP contribution in [-0.2, 0) is 15.9 Å². The maximum atomic E-state index is 11.4. The molecule has 0 heterocycles. The predicted octanol–water partition coefficient (Wildman–Crippen LogP) is 0.141. The number of esters is 1. The minimum absolute atomic E-state index is 0.617. The number of phenolic OH excluding ortho intramolecular Hbond substituents is 2. The number of ether oxygens (including phenoxy) is 1. The second-order valence-corrected chi connectivity index (χ2v) is 2.58. The average Bonchev–Trinajstić information content (AvgIpc) is 2.41. The quantitative estimate of drug-likeness (QED) is 0.493. The monoisotopic (exact) mass is 216 g/mol. The molecule has 0 saturated heterocycles. The van der Waals surface area contributed by atoms with Crippen LogP contribution in [0.15, 0.2) is 18.1 Å². The van der Waals surface area contributed by atoms with Crippen LogP contribution in [0, 0.1) is 0 Å². The summed E-state index contributed by atoms with van der Waals surface area (Å²) >= 11 is 0. The number of carbonyl (C=O) groups excluding carboxylic acids is 1. The Bertz CT molecular complexity index is 534. The largest absolute Gasteiger partial charge is 0.504 e. The van der Waals surface area contributed by atoms with Crippen LogP contribution < -0.4 is 5.73 Å². The van der Waals surface area contributed by atoms with E-state index in [1.807, 2.05) is 0 Å². The molecular formula is C10H13NO4. The highest BCUT2D eigenvalue weighted by Gasteiger charge is 2.14. The van der Waals surface area contributed by atoms with Gasteiger partial charge in [0.15, 0.2) is 11.5 Å². The van der Waals surface area contributed by atoms with Crippen molar-refractivity contribution < 1.29 is 26.6 Å². The molecule has 15 heavy (non-hydrogen) atoms. The Morgan fingerprint density at radius 1 is 1.73 bits per heavy atom. The van der Waals surface area contributed by atoms with Crippen molar-refractivity contribution in [2.24, 2.45) is 5.73 Å². The van der Waals surface area contributed by atoms with Gasteiger partial charge in [-0.3, -0.25) is 4.79 Å². The molecule has 1 aromatic carbocycles. The van der Waals surface area contributed by atoms with Crippen LogP contribution in [0.5, 0.6) is 11.5 Å². The summed E-state index contributed by atoms with van der Waals surface area (Å²) in [6.07, 6.45) is -1.95. The lowest BCUT2D eigenvalue weighted by molar-refractivity contribution is -0.142. The predicted molar refractivity (Wildman–Crippen MR) is 53.5 cm³/mol. The lowest BCUT2D eigenvalue weighted by Crippen LogP contribution is -2.33. The zero-order valence-electron chi connectivity index (χ0n) is 12.9. The first-order valence-corrected chi connectivity index (χ1v) is 3.88. The van der Waals surface area contributed by atoms with Crippen molar-refractivity contribution in [1.29, 1.82) is 0 Å². The molecule has 1 rings (SSSR count). The van der Waals surface area contributed by atoms with E-state index in [9.17, 15) is 15.0 Å². The number of carbonyl (C=O) groups is 1. The van der Waals surface area contributed by atoms with Crippen LogP contribution >= 0.6 is 0 Å². The molecule has 0 spiro atoms. The summed E-state index contributed by atoms with van der Waals surface area (Å²) in [5.41, 5.74) is 4.74. The summed E-state index contributed by atoms with van der Waals surface area (Å²) in [6, 6.07) is -5.06. The van der Waals surface area contributed by atoms with Crippen LogP contribution in [-0.4, -0.2) is 29.3 Å². The lowest BCUT2D eigenvalue weighted by atomic mass is 10.1. The molecule has 5 heteroatoms. The maximum absolute atomic E-state index is 11.4. The van der Waals surface area contributed by atoms with Gasteiger partial charge in [-0.15, -0.1) is 0 Å². The molecule has 0 fully saturated rings. The Labute approximate surface area is 94.1 Å². The molecule has 82 valence electrons. The number of nitrogens with two attached hydrogens (primary N) is 1. The normalized spacial score (nSPS) is 21.1. The van der Waals surface area contributed by atoms with Gasteiger partial charge in [0, 0.05) is 1.37 Å². The van der Waals surface area contributed by atoms with Crippen molar-refractivity contribution in [3.8, 4) is 11.5 Å². The molecule has 0 aliphatic rings. The molecule has 0 saturated carbocycles. The highest BCUT2D eigenvalue weighted by Crippen LogP contribution is 2.25. The molecule has 0 bridgehead atoms. The molecule has 0 aliphatic carbocycles.